The normalized spacial score (nSPS) is 15.2. The highest BCUT2D eigenvalue weighted by Crippen LogP contribution is 2.30. The Hall–Kier alpha value is -2.44. The Bertz CT molecular complexity index is 770. The molecule has 2 aromatic rings. The maximum absolute atomic E-state index is 11.6. The van der Waals surface area contributed by atoms with E-state index in [4.69, 9.17) is 9.84 Å². The van der Waals surface area contributed by atoms with Crippen LogP contribution in [0.3, 0.4) is 0 Å². The van der Waals surface area contributed by atoms with Crippen molar-refractivity contribution in [1.29, 1.82) is 0 Å². The first-order valence-corrected chi connectivity index (χ1v) is 8.87. The first-order valence-electron chi connectivity index (χ1n) is 8.87. The van der Waals surface area contributed by atoms with Crippen LogP contribution in [0.5, 0.6) is 0 Å². The first kappa shape index (κ1) is 18.4. The van der Waals surface area contributed by atoms with E-state index in [1.54, 1.807) is 0 Å². The number of hydrogen-bond acceptors (Lipinski definition) is 5. The first-order chi connectivity index (χ1) is 12.6. The Balaban J connectivity index is 1.85. The van der Waals surface area contributed by atoms with E-state index in [1.165, 1.54) is 6.20 Å². The van der Waals surface area contributed by atoms with Crippen LogP contribution < -0.4 is 4.90 Å². The van der Waals surface area contributed by atoms with Gasteiger partial charge in [0.05, 0.1) is 24.9 Å². The van der Waals surface area contributed by atoms with Gasteiger partial charge in [-0.05, 0) is 37.0 Å². The minimum absolute atomic E-state index is 0.0399. The lowest BCUT2D eigenvalue weighted by Gasteiger charge is -2.33. The Kier molecular flexibility index (Phi) is 5.85. The van der Waals surface area contributed by atoms with Gasteiger partial charge in [0.1, 0.15) is 5.82 Å². The number of piperidine rings is 1. The summed E-state index contributed by atoms with van der Waals surface area (Å²) in [5, 5.41) is 18.4. The highest BCUT2D eigenvalue weighted by molar-refractivity contribution is 5.96. The van der Waals surface area contributed by atoms with Gasteiger partial charge in [0, 0.05) is 24.8 Å². The molecule has 138 valence electrons. The van der Waals surface area contributed by atoms with Gasteiger partial charge in [-0.1, -0.05) is 24.3 Å². The summed E-state index contributed by atoms with van der Waals surface area (Å²) in [5.74, 6) is -0.188. The van der Waals surface area contributed by atoms with Gasteiger partial charge in [-0.2, -0.15) is 0 Å². The zero-order valence-corrected chi connectivity index (χ0v) is 14.9. The number of anilines is 1. The molecule has 0 spiro atoms. The Morgan fingerprint density at radius 2 is 2.00 bits per heavy atom. The molecule has 1 aromatic carbocycles. The molecule has 0 unspecified atom stereocenters. The molecule has 1 aliphatic heterocycles. The van der Waals surface area contributed by atoms with E-state index in [0.717, 1.165) is 42.9 Å². The molecule has 0 atom stereocenters. The topological polar surface area (TPSA) is 82.9 Å². The number of rotatable bonds is 6. The van der Waals surface area contributed by atoms with E-state index in [0.29, 0.717) is 12.2 Å². The minimum atomic E-state index is -0.974. The summed E-state index contributed by atoms with van der Waals surface area (Å²) in [6.07, 6.45) is 3.34. The molecule has 3 rings (SSSR count). The van der Waals surface area contributed by atoms with Gasteiger partial charge in [0.25, 0.3) is 0 Å². The van der Waals surface area contributed by atoms with Crippen molar-refractivity contribution in [2.24, 2.45) is 0 Å². The number of aromatic nitrogens is 1. The molecule has 1 aromatic heterocycles. The number of aliphatic hydroxyl groups is 1. The van der Waals surface area contributed by atoms with Crippen LogP contribution in [0.15, 0.2) is 36.5 Å². The zero-order valence-electron chi connectivity index (χ0n) is 14.9. The molecular weight excluding hydrogens is 332 g/mol. The summed E-state index contributed by atoms with van der Waals surface area (Å²) in [6.45, 7) is 3.97. The van der Waals surface area contributed by atoms with Crippen LogP contribution in [0.1, 0.15) is 28.8 Å². The molecular formula is C20H24N2O4. The van der Waals surface area contributed by atoms with Crippen molar-refractivity contribution in [1.82, 2.24) is 4.98 Å². The number of ether oxygens (including phenoxy) is 1. The molecule has 2 heterocycles. The Morgan fingerprint density at radius 3 is 2.65 bits per heavy atom. The number of aromatic carboxylic acids is 1. The van der Waals surface area contributed by atoms with Crippen LogP contribution in [0.2, 0.25) is 0 Å². The third kappa shape index (κ3) is 4.03. The number of pyridine rings is 1. The predicted octanol–water partition coefficient (Wildman–Crippen LogP) is 2.73. The average Bonchev–Trinajstić information content (AvgIpc) is 2.66. The monoisotopic (exact) mass is 356 g/mol. The fourth-order valence-corrected chi connectivity index (χ4v) is 3.36. The largest absolute Gasteiger partial charge is 0.478 e. The fraction of sp³-hybridized carbons (Fsp3) is 0.400. The molecule has 2 N–H and O–H groups in total. The van der Waals surface area contributed by atoms with Gasteiger partial charge in [-0.15, -0.1) is 0 Å². The lowest BCUT2D eigenvalue weighted by Crippen LogP contribution is -2.37. The van der Waals surface area contributed by atoms with E-state index in [9.17, 15) is 9.90 Å². The Labute approximate surface area is 153 Å². The molecule has 26 heavy (non-hydrogen) atoms. The van der Waals surface area contributed by atoms with E-state index in [2.05, 4.69) is 9.88 Å². The van der Waals surface area contributed by atoms with E-state index in [1.807, 2.05) is 37.3 Å². The minimum Gasteiger partial charge on any atom is -0.478 e. The summed E-state index contributed by atoms with van der Waals surface area (Å²) in [5.41, 5.74) is 2.85. The summed E-state index contributed by atoms with van der Waals surface area (Å²) in [7, 11) is 0. The van der Waals surface area contributed by atoms with Gasteiger partial charge >= 0.3 is 5.97 Å². The number of aliphatic hydroxyl groups excluding tert-OH is 1. The van der Waals surface area contributed by atoms with E-state index < -0.39 is 5.97 Å². The SMILES string of the molecule is Cc1ccccc1-c1cc(N2CCC(OCCO)CC2)ncc1C(=O)O. The molecule has 1 fully saturated rings. The molecule has 1 aliphatic rings. The average molecular weight is 356 g/mol. The maximum Gasteiger partial charge on any atom is 0.337 e. The number of carboxylic acids is 1. The van der Waals surface area contributed by atoms with Crippen molar-refractivity contribution in [3.8, 4) is 11.1 Å². The molecule has 0 bridgehead atoms. The van der Waals surface area contributed by atoms with Gasteiger partial charge in [-0.3, -0.25) is 0 Å². The number of nitrogens with zero attached hydrogens (tertiary/aromatic N) is 2. The number of aryl methyl sites for hydroxylation is 1. The molecule has 6 nitrogen and oxygen atoms in total. The third-order valence-corrected chi connectivity index (χ3v) is 4.77. The van der Waals surface area contributed by atoms with Crippen molar-refractivity contribution in [3.05, 3.63) is 47.7 Å². The van der Waals surface area contributed by atoms with Crippen molar-refractivity contribution in [2.75, 3.05) is 31.2 Å². The second kappa shape index (κ2) is 8.29. The molecule has 1 saturated heterocycles. The summed E-state index contributed by atoms with van der Waals surface area (Å²) in [4.78, 5) is 18.2. The van der Waals surface area contributed by atoms with Crippen LogP contribution in [0, 0.1) is 6.92 Å². The van der Waals surface area contributed by atoms with Gasteiger partial charge in [-0.25, -0.2) is 9.78 Å². The van der Waals surface area contributed by atoms with Gasteiger partial charge in [0.2, 0.25) is 0 Å². The number of carbonyl (C=O) groups is 1. The number of hydrogen-bond donors (Lipinski definition) is 2. The van der Waals surface area contributed by atoms with Crippen LogP contribution in [-0.4, -0.2) is 53.6 Å². The van der Waals surface area contributed by atoms with Crippen molar-refractivity contribution in [2.45, 2.75) is 25.9 Å². The molecule has 0 amide bonds. The molecule has 0 radical (unpaired) electrons. The van der Waals surface area contributed by atoms with Crippen LogP contribution in [0.4, 0.5) is 5.82 Å². The van der Waals surface area contributed by atoms with Crippen molar-refractivity contribution in [3.63, 3.8) is 0 Å². The molecule has 0 aliphatic carbocycles. The van der Waals surface area contributed by atoms with E-state index >= 15 is 0 Å². The Morgan fingerprint density at radius 1 is 1.27 bits per heavy atom. The van der Waals surface area contributed by atoms with Crippen LogP contribution in [-0.2, 0) is 4.74 Å². The number of benzene rings is 1. The molecule has 0 saturated carbocycles. The molecule has 6 heteroatoms. The van der Waals surface area contributed by atoms with E-state index in [-0.39, 0.29) is 18.3 Å². The van der Waals surface area contributed by atoms with Crippen LogP contribution >= 0.6 is 0 Å². The van der Waals surface area contributed by atoms with Gasteiger partial charge in [0.15, 0.2) is 0 Å². The number of carboxylic acid groups (broad SMARTS) is 1. The third-order valence-electron chi connectivity index (χ3n) is 4.77. The fourth-order valence-electron chi connectivity index (χ4n) is 3.36. The standard InChI is InChI=1S/C20H24N2O4/c1-14-4-2-3-5-16(14)17-12-19(21-13-18(17)20(24)25)22-8-6-15(7-9-22)26-11-10-23/h2-5,12-13,15,23H,6-11H2,1H3,(H,24,25). The van der Waals surface area contributed by atoms with Crippen molar-refractivity contribution < 1.29 is 19.7 Å². The quantitative estimate of drug-likeness (QED) is 0.828. The van der Waals surface area contributed by atoms with Crippen molar-refractivity contribution >= 4 is 11.8 Å². The summed E-state index contributed by atoms with van der Waals surface area (Å²) in [6, 6.07) is 9.65. The predicted molar refractivity (Wildman–Crippen MR) is 99.6 cm³/mol. The second-order valence-electron chi connectivity index (χ2n) is 6.49. The highest BCUT2D eigenvalue weighted by atomic mass is 16.5. The van der Waals surface area contributed by atoms with Gasteiger partial charge < -0.3 is 19.8 Å². The lowest BCUT2D eigenvalue weighted by atomic mass is 9.97. The van der Waals surface area contributed by atoms with Crippen LogP contribution in [0.25, 0.3) is 11.1 Å². The summed E-state index contributed by atoms with van der Waals surface area (Å²) >= 11 is 0. The maximum atomic E-state index is 11.6. The second-order valence-corrected chi connectivity index (χ2v) is 6.49. The summed E-state index contributed by atoms with van der Waals surface area (Å²) < 4.78 is 5.60. The zero-order chi connectivity index (χ0) is 18.5. The lowest BCUT2D eigenvalue weighted by molar-refractivity contribution is 0.0158. The highest BCUT2D eigenvalue weighted by Gasteiger charge is 2.22. The smallest absolute Gasteiger partial charge is 0.337 e.